The lowest BCUT2D eigenvalue weighted by molar-refractivity contribution is -0.122. The Morgan fingerprint density at radius 3 is 2.50 bits per heavy atom. The number of carbonyl (C=O) groups excluding carboxylic acids is 1. The molecule has 0 saturated heterocycles. The molecule has 0 radical (unpaired) electrons. The SMILES string of the molecule is CCn1cc([C@H](C)NC(=O)CCn2cc(Br)c(C)n2)c(C)n1. The number of nitrogens with zero attached hydrogens (tertiary/aromatic N) is 4. The van der Waals surface area contributed by atoms with E-state index in [9.17, 15) is 4.79 Å². The second-order valence-corrected chi connectivity index (χ2v) is 6.24. The molecular weight excluding hydrogens is 346 g/mol. The van der Waals surface area contributed by atoms with Gasteiger partial charge in [0.05, 0.1) is 21.9 Å². The summed E-state index contributed by atoms with van der Waals surface area (Å²) in [5, 5.41) is 11.8. The van der Waals surface area contributed by atoms with E-state index in [0.717, 1.165) is 28.0 Å². The van der Waals surface area contributed by atoms with Crippen molar-refractivity contribution < 1.29 is 4.79 Å². The van der Waals surface area contributed by atoms with Crippen LogP contribution in [0.15, 0.2) is 16.9 Å². The summed E-state index contributed by atoms with van der Waals surface area (Å²) < 4.78 is 4.63. The van der Waals surface area contributed by atoms with Gasteiger partial charge < -0.3 is 5.32 Å². The van der Waals surface area contributed by atoms with E-state index in [-0.39, 0.29) is 11.9 Å². The number of amides is 1. The van der Waals surface area contributed by atoms with Crippen LogP contribution >= 0.6 is 15.9 Å². The lowest BCUT2D eigenvalue weighted by Gasteiger charge is -2.13. The molecule has 2 heterocycles. The minimum Gasteiger partial charge on any atom is -0.349 e. The van der Waals surface area contributed by atoms with E-state index in [4.69, 9.17) is 0 Å². The van der Waals surface area contributed by atoms with Crippen molar-refractivity contribution in [3.63, 3.8) is 0 Å². The van der Waals surface area contributed by atoms with Crippen LogP contribution < -0.4 is 5.32 Å². The van der Waals surface area contributed by atoms with E-state index >= 15 is 0 Å². The van der Waals surface area contributed by atoms with Crippen LogP contribution in [0.2, 0.25) is 0 Å². The van der Waals surface area contributed by atoms with Gasteiger partial charge in [-0.05, 0) is 43.6 Å². The summed E-state index contributed by atoms with van der Waals surface area (Å²) in [4.78, 5) is 12.1. The number of rotatable bonds is 6. The number of aromatic nitrogens is 4. The number of hydrogen-bond acceptors (Lipinski definition) is 3. The Hall–Kier alpha value is -1.63. The molecule has 2 rings (SSSR count). The summed E-state index contributed by atoms with van der Waals surface area (Å²) in [6, 6.07) is -0.0427. The third-order valence-electron chi connectivity index (χ3n) is 3.61. The van der Waals surface area contributed by atoms with Crippen molar-refractivity contribution in [3.05, 3.63) is 33.8 Å². The van der Waals surface area contributed by atoms with Crippen molar-refractivity contribution >= 4 is 21.8 Å². The van der Waals surface area contributed by atoms with Crippen LogP contribution in [0.3, 0.4) is 0 Å². The first kappa shape index (κ1) is 16.7. The molecule has 1 atom stereocenters. The Balaban J connectivity index is 1.89. The molecule has 0 saturated carbocycles. The summed E-state index contributed by atoms with van der Waals surface area (Å²) in [6.45, 7) is 9.32. The van der Waals surface area contributed by atoms with Crippen LogP contribution in [0.1, 0.15) is 43.3 Å². The predicted octanol–water partition coefficient (Wildman–Crippen LogP) is 2.75. The topological polar surface area (TPSA) is 64.7 Å². The van der Waals surface area contributed by atoms with Gasteiger partial charge in [0.15, 0.2) is 0 Å². The summed E-state index contributed by atoms with van der Waals surface area (Å²) >= 11 is 3.42. The Morgan fingerprint density at radius 2 is 1.95 bits per heavy atom. The highest BCUT2D eigenvalue weighted by Crippen LogP contribution is 2.16. The monoisotopic (exact) mass is 367 g/mol. The van der Waals surface area contributed by atoms with Gasteiger partial charge in [0.2, 0.25) is 5.91 Å². The van der Waals surface area contributed by atoms with Gasteiger partial charge in [-0.3, -0.25) is 14.2 Å². The molecule has 0 aliphatic carbocycles. The smallest absolute Gasteiger partial charge is 0.222 e. The fourth-order valence-electron chi connectivity index (χ4n) is 2.34. The second-order valence-electron chi connectivity index (χ2n) is 5.39. The molecule has 2 aromatic rings. The Labute approximate surface area is 139 Å². The second kappa shape index (κ2) is 7.09. The third-order valence-corrected chi connectivity index (χ3v) is 4.39. The van der Waals surface area contributed by atoms with E-state index in [0.29, 0.717) is 13.0 Å². The van der Waals surface area contributed by atoms with Crippen molar-refractivity contribution in [2.45, 2.75) is 53.2 Å². The van der Waals surface area contributed by atoms with Crippen LogP contribution in [0.4, 0.5) is 0 Å². The van der Waals surface area contributed by atoms with Crippen LogP contribution in [0.5, 0.6) is 0 Å². The molecule has 1 amide bonds. The van der Waals surface area contributed by atoms with Crippen LogP contribution in [0.25, 0.3) is 0 Å². The standard InChI is InChI=1S/C15H22BrN5O/c1-5-20-8-13(11(3)18-20)10(2)17-15(22)6-7-21-9-14(16)12(4)19-21/h8-10H,5-7H2,1-4H3,(H,17,22)/t10-/m0/s1. The molecule has 120 valence electrons. The molecule has 0 spiro atoms. The Kier molecular flexibility index (Phi) is 5.39. The zero-order valence-corrected chi connectivity index (χ0v) is 15.0. The van der Waals surface area contributed by atoms with Gasteiger partial charge in [0.1, 0.15) is 0 Å². The fourth-order valence-corrected chi connectivity index (χ4v) is 2.65. The maximum absolute atomic E-state index is 12.1. The molecule has 0 aliphatic rings. The molecular formula is C15H22BrN5O. The average Bonchev–Trinajstić information content (AvgIpc) is 3.00. The molecule has 7 heteroatoms. The first-order chi connectivity index (χ1) is 10.4. The minimum atomic E-state index is -0.0427. The quantitative estimate of drug-likeness (QED) is 0.853. The molecule has 22 heavy (non-hydrogen) atoms. The van der Waals surface area contributed by atoms with Gasteiger partial charge in [-0.2, -0.15) is 10.2 Å². The van der Waals surface area contributed by atoms with Gasteiger partial charge >= 0.3 is 0 Å². The first-order valence-corrected chi connectivity index (χ1v) is 8.22. The van der Waals surface area contributed by atoms with Crippen molar-refractivity contribution in [1.82, 2.24) is 24.9 Å². The molecule has 0 fully saturated rings. The van der Waals surface area contributed by atoms with E-state index in [2.05, 4.69) is 31.4 Å². The van der Waals surface area contributed by atoms with Crippen molar-refractivity contribution in [2.24, 2.45) is 0 Å². The fraction of sp³-hybridized carbons (Fsp3) is 0.533. The largest absolute Gasteiger partial charge is 0.349 e. The summed E-state index contributed by atoms with van der Waals surface area (Å²) in [7, 11) is 0. The van der Waals surface area contributed by atoms with Crippen molar-refractivity contribution in [3.8, 4) is 0 Å². The van der Waals surface area contributed by atoms with E-state index in [1.807, 2.05) is 44.8 Å². The number of carbonyl (C=O) groups is 1. The molecule has 1 N–H and O–H groups in total. The molecule has 0 aromatic carbocycles. The van der Waals surface area contributed by atoms with Crippen molar-refractivity contribution in [2.75, 3.05) is 0 Å². The average molecular weight is 368 g/mol. The van der Waals surface area contributed by atoms with Crippen LogP contribution in [-0.2, 0) is 17.9 Å². The van der Waals surface area contributed by atoms with Gasteiger partial charge in [0, 0.05) is 37.5 Å². The molecule has 2 aromatic heterocycles. The zero-order valence-electron chi connectivity index (χ0n) is 13.4. The molecule has 6 nitrogen and oxygen atoms in total. The zero-order chi connectivity index (χ0) is 16.3. The van der Waals surface area contributed by atoms with Crippen molar-refractivity contribution in [1.29, 1.82) is 0 Å². The van der Waals surface area contributed by atoms with Gasteiger partial charge in [-0.25, -0.2) is 0 Å². The van der Waals surface area contributed by atoms with E-state index in [1.165, 1.54) is 0 Å². The maximum Gasteiger partial charge on any atom is 0.222 e. The molecule has 0 bridgehead atoms. The number of halogens is 1. The van der Waals surface area contributed by atoms with Crippen LogP contribution in [0, 0.1) is 13.8 Å². The van der Waals surface area contributed by atoms with Gasteiger partial charge in [-0.15, -0.1) is 0 Å². The Bertz CT molecular complexity index is 641. The number of aryl methyl sites for hydroxylation is 4. The van der Waals surface area contributed by atoms with E-state index < -0.39 is 0 Å². The molecule has 0 aliphatic heterocycles. The number of nitrogens with one attached hydrogen (secondary N) is 1. The predicted molar refractivity (Wildman–Crippen MR) is 88.5 cm³/mol. The van der Waals surface area contributed by atoms with Crippen LogP contribution in [-0.4, -0.2) is 25.5 Å². The van der Waals surface area contributed by atoms with Gasteiger partial charge in [0.25, 0.3) is 0 Å². The summed E-state index contributed by atoms with van der Waals surface area (Å²) in [5.74, 6) is 0.0143. The third kappa shape index (κ3) is 3.97. The highest BCUT2D eigenvalue weighted by atomic mass is 79.9. The highest BCUT2D eigenvalue weighted by molar-refractivity contribution is 9.10. The van der Waals surface area contributed by atoms with E-state index in [1.54, 1.807) is 4.68 Å². The number of hydrogen-bond donors (Lipinski definition) is 1. The van der Waals surface area contributed by atoms with Gasteiger partial charge in [-0.1, -0.05) is 0 Å². The summed E-state index contributed by atoms with van der Waals surface area (Å²) in [5.41, 5.74) is 2.95. The first-order valence-electron chi connectivity index (χ1n) is 7.43. The summed E-state index contributed by atoms with van der Waals surface area (Å²) in [6.07, 6.45) is 4.29. The molecule has 0 unspecified atom stereocenters. The maximum atomic E-state index is 12.1. The lowest BCUT2D eigenvalue weighted by Crippen LogP contribution is -2.27. The highest BCUT2D eigenvalue weighted by Gasteiger charge is 2.15. The minimum absolute atomic E-state index is 0.0143. The normalized spacial score (nSPS) is 12.4. The lowest BCUT2D eigenvalue weighted by atomic mass is 10.1. The Morgan fingerprint density at radius 1 is 1.27 bits per heavy atom.